The van der Waals surface area contributed by atoms with Gasteiger partial charge in [-0.1, -0.05) is 0 Å². The summed E-state index contributed by atoms with van der Waals surface area (Å²) in [6.45, 7) is 0. The van der Waals surface area contributed by atoms with Gasteiger partial charge in [-0.05, 0) is 17.6 Å². The van der Waals surface area contributed by atoms with Crippen molar-refractivity contribution < 1.29 is 9.90 Å². The minimum Gasteiger partial charge on any atom is -0.478 e. The van der Waals surface area contributed by atoms with E-state index in [1.165, 1.54) is 23.8 Å². The summed E-state index contributed by atoms with van der Waals surface area (Å²) in [5, 5.41) is 10.4. The number of carboxylic acid groups (broad SMARTS) is 1. The third-order valence-corrected chi connectivity index (χ3v) is 2.09. The molecule has 0 aliphatic heterocycles. The molecule has 0 aliphatic rings. The molecular weight excluding hydrogens is 176 g/mol. The largest absolute Gasteiger partial charge is 0.478 e. The minimum atomic E-state index is -0.975. The first-order valence-corrected chi connectivity index (χ1v) is 4.04. The van der Waals surface area contributed by atoms with Gasteiger partial charge in [0.15, 0.2) is 0 Å². The number of pyridine rings is 1. The number of aromatic carboxylic acids is 1. The van der Waals surface area contributed by atoms with Crippen molar-refractivity contribution in [2.24, 2.45) is 0 Å². The van der Waals surface area contributed by atoms with E-state index in [0.717, 1.165) is 5.52 Å². The van der Waals surface area contributed by atoms with Crippen LogP contribution in [0.15, 0.2) is 17.6 Å². The topological polar surface area (TPSA) is 63.1 Å². The quantitative estimate of drug-likeness (QED) is 0.720. The highest BCUT2D eigenvalue weighted by atomic mass is 32.1. The number of hydrogen-bond acceptors (Lipinski definition) is 4. The van der Waals surface area contributed by atoms with Crippen LogP contribution in [0.3, 0.4) is 0 Å². The molecule has 2 rings (SSSR count). The summed E-state index contributed by atoms with van der Waals surface area (Å²) in [6.07, 6.45) is 1.33. The highest BCUT2D eigenvalue weighted by molar-refractivity contribution is 7.04. The van der Waals surface area contributed by atoms with Gasteiger partial charge in [0.25, 0.3) is 0 Å². The molecule has 0 bridgehead atoms. The average molecular weight is 180 g/mol. The minimum absolute atomic E-state index is 0.174. The molecule has 0 radical (unpaired) electrons. The van der Waals surface area contributed by atoms with E-state index < -0.39 is 5.97 Å². The molecule has 5 heteroatoms. The van der Waals surface area contributed by atoms with Gasteiger partial charge in [0.2, 0.25) is 0 Å². The number of nitrogens with zero attached hydrogens (tertiary/aromatic N) is 2. The lowest BCUT2D eigenvalue weighted by Gasteiger charge is -1.91. The smallest absolute Gasteiger partial charge is 0.337 e. The van der Waals surface area contributed by atoms with Crippen LogP contribution >= 0.6 is 11.5 Å². The number of aromatic nitrogens is 2. The first-order chi connectivity index (χ1) is 5.77. The van der Waals surface area contributed by atoms with E-state index in [2.05, 4.69) is 9.36 Å². The van der Waals surface area contributed by atoms with Crippen LogP contribution in [0.4, 0.5) is 0 Å². The van der Waals surface area contributed by atoms with Crippen LogP contribution in [0.25, 0.3) is 11.0 Å². The fourth-order valence-corrected chi connectivity index (χ4v) is 1.47. The van der Waals surface area contributed by atoms with E-state index in [4.69, 9.17) is 5.11 Å². The molecule has 2 aromatic heterocycles. The normalized spacial score (nSPS) is 10.3. The molecule has 0 aliphatic carbocycles. The Morgan fingerprint density at radius 2 is 2.33 bits per heavy atom. The number of carbonyl (C=O) groups is 1. The van der Waals surface area contributed by atoms with Gasteiger partial charge in [0.1, 0.15) is 11.0 Å². The van der Waals surface area contributed by atoms with E-state index in [1.54, 1.807) is 5.38 Å². The molecule has 0 fully saturated rings. The second-order valence-corrected chi connectivity index (χ2v) is 2.88. The Morgan fingerprint density at radius 3 is 3.08 bits per heavy atom. The second kappa shape index (κ2) is 2.53. The summed E-state index contributed by atoms with van der Waals surface area (Å²) in [4.78, 5) is 14.4. The van der Waals surface area contributed by atoms with Crippen molar-refractivity contribution in [3.8, 4) is 0 Å². The summed E-state index contributed by atoms with van der Waals surface area (Å²) >= 11 is 1.27. The fraction of sp³-hybridized carbons (Fsp3) is 0. The Morgan fingerprint density at radius 1 is 1.50 bits per heavy atom. The lowest BCUT2D eigenvalue weighted by atomic mass is 10.2. The SMILES string of the molecule is O=C(O)c1cnc2csnc2c1. The van der Waals surface area contributed by atoms with Crippen molar-refractivity contribution in [2.45, 2.75) is 0 Å². The highest BCUT2D eigenvalue weighted by Crippen LogP contribution is 2.13. The van der Waals surface area contributed by atoms with Crippen LogP contribution in [0.1, 0.15) is 10.4 Å². The standard InChI is InChI=1S/C7H4N2O2S/c10-7(11)4-1-5-6(8-2-4)3-12-9-5/h1-3H,(H,10,11). The summed E-state index contributed by atoms with van der Waals surface area (Å²) in [5.74, 6) is -0.975. The molecule has 0 saturated carbocycles. The molecule has 0 amide bonds. The van der Waals surface area contributed by atoms with Gasteiger partial charge >= 0.3 is 5.97 Å². The molecule has 0 atom stereocenters. The van der Waals surface area contributed by atoms with Crippen molar-refractivity contribution in [1.82, 2.24) is 9.36 Å². The lowest BCUT2D eigenvalue weighted by molar-refractivity contribution is 0.0696. The van der Waals surface area contributed by atoms with Gasteiger partial charge in [-0.25, -0.2) is 4.79 Å². The van der Waals surface area contributed by atoms with Crippen LogP contribution in [0.5, 0.6) is 0 Å². The molecule has 12 heavy (non-hydrogen) atoms. The molecule has 4 nitrogen and oxygen atoms in total. The highest BCUT2D eigenvalue weighted by Gasteiger charge is 2.05. The van der Waals surface area contributed by atoms with Crippen molar-refractivity contribution >= 4 is 28.5 Å². The Balaban J connectivity index is 2.68. The summed E-state index contributed by atoms with van der Waals surface area (Å²) in [5.41, 5.74) is 1.55. The van der Waals surface area contributed by atoms with Crippen molar-refractivity contribution in [2.75, 3.05) is 0 Å². The number of hydrogen-bond donors (Lipinski definition) is 1. The first-order valence-electron chi connectivity index (χ1n) is 3.21. The van der Waals surface area contributed by atoms with Gasteiger partial charge < -0.3 is 5.11 Å². The summed E-state index contributed by atoms with van der Waals surface area (Å²) in [6, 6.07) is 1.52. The van der Waals surface area contributed by atoms with E-state index in [9.17, 15) is 4.79 Å². The average Bonchev–Trinajstić information content (AvgIpc) is 2.49. The van der Waals surface area contributed by atoms with Crippen LogP contribution in [-0.4, -0.2) is 20.4 Å². The van der Waals surface area contributed by atoms with Crippen LogP contribution < -0.4 is 0 Å². The maximum Gasteiger partial charge on any atom is 0.337 e. The van der Waals surface area contributed by atoms with Gasteiger partial charge in [0, 0.05) is 11.6 Å². The zero-order valence-electron chi connectivity index (χ0n) is 5.89. The monoisotopic (exact) mass is 180 g/mol. The van der Waals surface area contributed by atoms with Crippen molar-refractivity contribution in [1.29, 1.82) is 0 Å². The van der Waals surface area contributed by atoms with E-state index in [1.807, 2.05) is 0 Å². The third kappa shape index (κ3) is 1.04. The maximum absolute atomic E-state index is 10.5. The maximum atomic E-state index is 10.5. The number of rotatable bonds is 1. The summed E-state index contributed by atoms with van der Waals surface area (Å²) < 4.78 is 3.98. The van der Waals surface area contributed by atoms with Gasteiger partial charge in [-0.3, -0.25) is 4.98 Å². The van der Waals surface area contributed by atoms with Gasteiger partial charge in [0.05, 0.1) is 5.56 Å². The van der Waals surface area contributed by atoms with E-state index in [-0.39, 0.29) is 5.56 Å². The Hall–Kier alpha value is -1.49. The zero-order valence-corrected chi connectivity index (χ0v) is 6.71. The Labute approximate surface area is 71.7 Å². The fourth-order valence-electron chi connectivity index (χ4n) is 0.878. The van der Waals surface area contributed by atoms with Crippen molar-refractivity contribution in [3.05, 3.63) is 23.2 Å². The lowest BCUT2D eigenvalue weighted by Crippen LogP contribution is -1.96. The molecule has 2 heterocycles. The first kappa shape index (κ1) is 7.17. The molecule has 60 valence electrons. The third-order valence-electron chi connectivity index (χ3n) is 1.46. The molecule has 0 saturated heterocycles. The molecule has 0 spiro atoms. The van der Waals surface area contributed by atoms with E-state index in [0.29, 0.717) is 5.52 Å². The van der Waals surface area contributed by atoms with E-state index >= 15 is 0 Å². The molecular formula is C7H4N2O2S. The van der Waals surface area contributed by atoms with Crippen LogP contribution in [-0.2, 0) is 0 Å². The van der Waals surface area contributed by atoms with Crippen molar-refractivity contribution in [3.63, 3.8) is 0 Å². The predicted octanol–water partition coefficient (Wildman–Crippen LogP) is 1.39. The molecule has 1 N–H and O–H groups in total. The van der Waals surface area contributed by atoms with Crippen LogP contribution in [0.2, 0.25) is 0 Å². The molecule has 2 aromatic rings. The van der Waals surface area contributed by atoms with Gasteiger partial charge in [-0.2, -0.15) is 4.37 Å². The zero-order chi connectivity index (χ0) is 8.55. The van der Waals surface area contributed by atoms with Crippen LogP contribution in [0, 0.1) is 0 Å². The van der Waals surface area contributed by atoms with Gasteiger partial charge in [-0.15, -0.1) is 0 Å². The molecule has 0 unspecified atom stereocenters. The number of fused-ring (bicyclic) bond motifs is 1. The Kier molecular flexibility index (Phi) is 1.51. The Bertz CT molecular complexity index is 438. The predicted molar refractivity (Wildman–Crippen MR) is 44.4 cm³/mol. The number of carboxylic acids is 1. The molecule has 0 aromatic carbocycles. The second-order valence-electron chi connectivity index (χ2n) is 2.25. The summed E-state index contributed by atoms with van der Waals surface area (Å²) in [7, 11) is 0.